The summed E-state index contributed by atoms with van der Waals surface area (Å²) in [6.45, 7) is -0.306. The van der Waals surface area contributed by atoms with Gasteiger partial charge in [0.2, 0.25) is 0 Å². The molecule has 0 saturated carbocycles. The monoisotopic (exact) mass is 320 g/mol. The van der Waals surface area contributed by atoms with Crippen molar-refractivity contribution in [3.8, 4) is 17.0 Å². The fourth-order valence-corrected chi connectivity index (χ4v) is 2.32. The predicted octanol–water partition coefficient (Wildman–Crippen LogP) is 3.15. The van der Waals surface area contributed by atoms with Crippen LogP contribution in [0.3, 0.4) is 0 Å². The standard InChI is InChI=1S/C15H10ClFN2O3/c16-13-11(21-7-12(18)20)6-5-9-14(19-22-15(9)13)8-3-1-2-4-10(8)17/h1-6H,7H2,(H2,18,20). The molecule has 0 spiro atoms. The number of halogens is 2. The van der Waals surface area contributed by atoms with Crippen LogP contribution in [0.15, 0.2) is 40.9 Å². The largest absolute Gasteiger partial charge is 0.482 e. The number of amides is 1. The summed E-state index contributed by atoms with van der Waals surface area (Å²) in [6, 6.07) is 9.40. The Morgan fingerprint density at radius 2 is 2.09 bits per heavy atom. The number of nitrogens with zero attached hydrogens (tertiary/aromatic N) is 1. The first-order valence-electron chi connectivity index (χ1n) is 6.32. The fraction of sp³-hybridized carbons (Fsp3) is 0.0667. The zero-order valence-electron chi connectivity index (χ0n) is 11.2. The summed E-state index contributed by atoms with van der Waals surface area (Å²) in [6.07, 6.45) is 0. The second-order valence-electron chi connectivity index (χ2n) is 4.52. The second-order valence-corrected chi connectivity index (χ2v) is 4.90. The molecule has 0 aliphatic heterocycles. The Hall–Kier alpha value is -2.60. The Bertz CT molecular complexity index is 863. The number of aromatic nitrogens is 1. The number of rotatable bonds is 4. The molecule has 0 atom stereocenters. The molecule has 1 amide bonds. The molecule has 5 nitrogen and oxygen atoms in total. The zero-order chi connectivity index (χ0) is 15.7. The van der Waals surface area contributed by atoms with Crippen molar-refractivity contribution in [2.75, 3.05) is 6.61 Å². The van der Waals surface area contributed by atoms with Gasteiger partial charge in [-0.15, -0.1) is 0 Å². The predicted molar refractivity (Wildman–Crippen MR) is 79.1 cm³/mol. The highest BCUT2D eigenvalue weighted by Crippen LogP contribution is 2.38. The van der Waals surface area contributed by atoms with Gasteiger partial charge in [-0.1, -0.05) is 28.9 Å². The number of benzene rings is 2. The van der Waals surface area contributed by atoms with Gasteiger partial charge >= 0.3 is 0 Å². The van der Waals surface area contributed by atoms with Crippen LogP contribution in [0.25, 0.3) is 22.2 Å². The molecule has 0 aliphatic carbocycles. The summed E-state index contributed by atoms with van der Waals surface area (Å²) in [5, 5.41) is 4.57. The molecule has 0 saturated heterocycles. The summed E-state index contributed by atoms with van der Waals surface area (Å²) in [7, 11) is 0. The van der Waals surface area contributed by atoms with E-state index in [4.69, 9.17) is 26.6 Å². The average Bonchev–Trinajstić information content (AvgIpc) is 2.91. The number of hydrogen-bond acceptors (Lipinski definition) is 4. The van der Waals surface area contributed by atoms with Crippen LogP contribution >= 0.6 is 11.6 Å². The number of primary amides is 1. The van der Waals surface area contributed by atoms with Crippen LogP contribution in [-0.2, 0) is 4.79 Å². The number of ether oxygens (including phenoxy) is 1. The molecule has 112 valence electrons. The van der Waals surface area contributed by atoms with Gasteiger partial charge < -0.3 is 15.0 Å². The van der Waals surface area contributed by atoms with E-state index in [0.29, 0.717) is 16.6 Å². The molecule has 1 aromatic heterocycles. The molecule has 22 heavy (non-hydrogen) atoms. The van der Waals surface area contributed by atoms with E-state index >= 15 is 0 Å². The van der Waals surface area contributed by atoms with E-state index in [2.05, 4.69) is 5.16 Å². The van der Waals surface area contributed by atoms with Crippen LogP contribution in [0.1, 0.15) is 0 Å². The molecule has 7 heteroatoms. The third kappa shape index (κ3) is 2.48. The van der Waals surface area contributed by atoms with E-state index in [1.54, 1.807) is 30.3 Å². The third-order valence-corrected chi connectivity index (χ3v) is 3.40. The minimum Gasteiger partial charge on any atom is -0.482 e. The molecule has 2 aromatic carbocycles. The summed E-state index contributed by atoms with van der Waals surface area (Å²) < 4.78 is 24.2. The summed E-state index contributed by atoms with van der Waals surface area (Å²) in [5.74, 6) is -0.798. The quantitative estimate of drug-likeness (QED) is 0.801. The number of carbonyl (C=O) groups excluding carboxylic acids is 1. The first-order chi connectivity index (χ1) is 10.6. The van der Waals surface area contributed by atoms with Gasteiger partial charge in [0.15, 0.2) is 12.2 Å². The average molecular weight is 321 g/mol. The molecular formula is C15H10ClFN2O3. The minimum atomic E-state index is -0.624. The second kappa shape index (κ2) is 5.65. The van der Waals surface area contributed by atoms with Gasteiger partial charge in [0, 0.05) is 5.56 Å². The SMILES string of the molecule is NC(=O)COc1ccc2c(-c3ccccc3F)noc2c1Cl. The van der Waals surface area contributed by atoms with Gasteiger partial charge in [-0.25, -0.2) is 4.39 Å². The minimum absolute atomic E-state index is 0.147. The van der Waals surface area contributed by atoms with Gasteiger partial charge in [0.25, 0.3) is 5.91 Å². The lowest BCUT2D eigenvalue weighted by atomic mass is 10.1. The Balaban J connectivity index is 2.08. The van der Waals surface area contributed by atoms with Crippen molar-refractivity contribution in [2.24, 2.45) is 5.73 Å². The summed E-state index contributed by atoms with van der Waals surface area (Å²) in [4.78, 5) is 10.8. The van der Waals surface area contributed by atoms with Crippen molar-refractivity contribution in [3.05, 3.63) is 47.2 Å². The van der Waals surface area contributed by atoms with E-state index in [1.807, 2.05) is 0 Å². The van der Waals surface area contributed by atoms with Crippen LogP contribution in [0.2, 0.25) is 5.02 Å². The molecular weight excluding hydrogens is 311 g/mol. The molecule has 1 heterocycles. The first kappa shape index (κ1) is 14.3. The normalized spacial score (nSPS) is 10.8. The molecule has 0 aliphatic rings. The highest BCUT2D eigenvalue weighted by Gasteiger charge is 2.18. The number of nitrogens with two attached hydrogens (primary N) is 1. The summed E-state index contributed by atoms with van der Waals surface area (Å²) >= 11 is 6.16. The fourth-order valence-electron chi connectivity index (χ4n) is 2.06. The van der Waals surface area contributed by atoms with Crippen LogP contribution in [0.5, 0.6) is 5.75 Å². The van der Waals surface area contributed by atoms with Gasteiger partial charge in [-0.2, -0.15) is 0 Å². The van der Waals surface area contributed by atoms with Crippen LogP contribution in [0, 0.1) is 5.82 Å². The van der Waals surface area contributed by atoms with Crippen molar-refractivity contribution in [1.82, 2.24) is 5.16 Å². The number of carbonyl (C=O) groups is 1. The first-order valence-corrected chi connectivity index (χ1v) is 6.69. The Morgan fingerprint density at radius 1 is 1.32 bits per heavy atom. The Morgan fingerprint density at radius 3 is 2.82 bits per heavy atom. The molecule has 3 aromatic rings. The topological polar surface area (TPSA) is 78.4 Å². The van der Waals surface area contributed by atoms with Crippen LogP contribution < -0.4 is 10.5 Å². The van der Waals surface area contributed by atoms with Crippen molar-refractivity contribution >= 4 is 28.5 Å². The molecule has 2 N–H and O–H groups in total. The van der Waals surface area contributed by atoms with Gasteiger partial charge in [-0.3, -0.25) is 4.79 Å². The van der Waals surface area contributed by atoms with Crippen molar-refractivity contribution in [3.63, 3.8) is 0 Å². The lowest BCUT2D eigenvalue weighted by Crippen LogP contribution is -2.20. The molecule has 0 fully saturated rings. The maximum atomic E-state index is 13.9. The maximum Gasteiger partial charge on any atom is 0.255 e. The lowest BCUT2D eigenvalue weighted by molar-refractivity contribution is -0.119. The van der Waals surface area contributed by atoms with E-state index in [9.17, 15) is 9.18 Å². The van der Waals surface area contributed by atoms with Crippen molar-refractivity contribution in [1.29, 1.82) is 0 Å². The van der Waals surface area contributed by atoms with Gasteiger partial charge in [-0.05, 0) is 24.3 Å². The molecule has 0 bridgehead atoms. The highest BCUT2D eigenvalue weighted by molar-refractivity contribution is 6.36. The third-order valence-electron chi connectivity index (χ3n) is 3.04. The zero-order valence-corrected chi connectivity index (χ0v) is 11.9. The van der Waals surface area contributed by atoms with Gasteiger partial charge in [0.05, 0.1) is 5.39 Å². The van der Waals surface area contributed by atoms with E-state index < -0.39 is 11.7 Å². The highest BCUT2D eigenvalue weighted by atomic mass is 35.5. The Kier molecular flexibility index (Phi) is 3.68. The van der Waals surface area contributed by atoms with Crippen molar-refractivity contribution < 1.29 is 18.4 Å². The van der Waals surface area contributed by atoms with E-state index in [1.165, 1.54) is 6.07 Å². The molecule has 3 rings (SSSR count). The van der Waals surface area contributed by atoms with Crippen LogP contribution in [-0.4, -0.2) is 17.7 Å². The number of hydrogen-bond donors (Lipinski definition) is 1. The number of fused-ring (bicyclic) bond motifs is 1. The van der Waals surface area contributed by atoms with Crippen molar-refractivity contribution in [2.45, 2.75) is 0 Å². The smallest absolute Gasteiger partial charge is 0.255 e. The van der Waals surface area contributed by atoms with E-state index in [-0.39, 0.29) is 23.0 Å². The molecule has 0 unspecified atom stereocenters. The van der Waals surface area contributed by atoms with Gasteiger partial charge in [0.1, 0.15) is 22.3 Å². The maximum absolute atomic E-state index is 13.9. The van der Waals surface area contributed by atoms with Crippen LogP contribution in [0.4, 0.5) is 4.39 Å². The van der Waals surface area contributed by atoms with E-state index in [0.717, 1.165) is 0 Å². The summed E-state index contributed by atoms with van der Waals surface area (Å²) in [5.41, 5.74) is 5.92. The molecule has 0 radical (unpaired) electrons. The lowest BCUT2D eigenvalue weighted by Gasteiger charge is -2.05. The Labute approximate surface area is 129 Å².